The summed E-state index contributed by atoms with van der Waals surface area (Å²) in [6.07, 6.45) is 4.94. The number of carbonyl (C=O) groups is 4. The van der Waals surface area contributed by atoms with Crippen LogP contribution in [0.4, 0.5) is 5.13 Å². The third-order valence-corrected chi connectivity index (χ3v) is 7.44. The molecule has 2 atom stereocenters. The van der Waals surface area contributed by atoms with Crippen LogP contribution in [0.15, 0.2) is 57.3 Å². The van der Waals surface area contributed by atoms with E-state index in [1.54, 1.807) is 29.9 Å². The van der Waals surface area contributed by atoms with Crippen LogP contribution in [0.5, 0.6) is 0 Å². The molecule has 1 fully saturated rings. The lowest BCUT2D eigenvalue weighted by molar-refractivity contribution is -0.150. The zero-order valence-electron chi connectivity index (χ0n) is 18.5. The number of β-lactam (4-membered cyclic amide) rings is 1. The Hall–Kier alpha value is -3.96. The van der Waals surface area contributed by atoms with Gasteiger partial charge in [0.05, 0.1) is 0 Å². The number of carboxylic acid groups (broad SMARTS) is 2. The van der Waals surface area contributed by atoms with E-state index >= 15 is 0 Å². The number of pyridine rings is 1. The van der Waals surface area contributed by atoms with Crippen molar-refractivity contribution in [2.45, 2.75) is 16.3 Å². The molecule has 2 aromatic rings. The van der Waals surface area contributed by atoms with Gasteiger partial charge in [0, 0.05) is 34.6 Å². The quantitative estimate of drug-likeness (QED) is 0.133. The monoisotopic (exact) mass is 563 g/mol. The van der Waals surface area contributed by atoms with Crippen molar-refractivity contribution in [1.29, 1.82) is 0 Å². The molecule has 2 amide bonds. The first kappa shape index (κ1) is 26.1. The lowest BCUT2D eigenvalue weighted by atomic mass is 10.0. The second kappa shape index (κ2) is 11.4. The number of allylic oxidation sites excluding steroid dienone is 1. The Bertz CT molecular complexity index is 1330. The number of fused-ring (bicyclic) bond motifs is 1. The SMILES string of the molecule is Nc1nc(C(=NOCC(=O)O)C(=O)NC2C(=O)N3C(C(=O)O)=C(C=CSc4cccnc4)CS[C@H]23)ns1. The molecular weight excluding hydrogens is 546 g/mol. The first-order valence-electron chi connectivity index (χ1n) is 10.2. The third kappa shape index (κ3) is 5.89. The fourth-order valence-corrected chi connectivity index (χ4v) is 5.68. The van der Waals surface area contributed by atoms with E-state index in [2.05, 4.69) is 29.7 Å². The Labute approximate surface area is 220 Å². The highest BCUT2D eigenvalue weighted by molar-refractivity contribution is 8.02. The predicted octanol–water partition coefficient (Wildman–Crippen LogP) is 0.365. The number of nitrogens with two attached hydrogens (primary N) is 1. The Morgan fingerprint density at radius 3 is 2.84 bits per heavy atom. The predicted molar refractivity (Wildman–Crippen MR) is 133 cm³/mol. The van der Waals surface area contributed by atoms with E-state index in [0.717, 1.165) is 21.3 Å². The molecule has 37 heavy (non-hydrogen) atoms. The van der Waals surface area contributed by atoms with Crippen LogP contribution in [-0.4, -0.2) is 82.7 Å². The fraction of sp³-hybridized carbons (Fsp3) is 0.200. The van der Waals surface area contributed by atoms with Gasteiger partial charge in [-0.25, -0.2) is 9.59 Å². The van der Waals surface area contributed by atoms with E-state index in [1.165, 1.54) is 23.5 Å². The minimum absolute atomic E-state index is 0.0287. The van der Waals surface area contributed by atoms with Crippen molar-refractivity contribution in [3.63, 3.8) is 0 Å². The van der Waals surface area contributed by atoms with Crippen LogP contribution in [0.25, 0.3) is 0 Å². The number of carboxylic acids is 2. The van der Waals surface area contributed by atoms with Crippen LogP contribution >= 0.6 is 35.1 Å². The van der Waals surface area contributed by atoms with Gasteiger partial charge in [-0.15, -0.1) is 11.8 Å². The molecule has 0 spiro atoms. The molecule has 0 radical (unpaired) electrons. The highest BCUT2D eigenvalue weighted by Gasteiger charge is 2.54. The maximum absolute atomic E-state index is 12.9. The van der Waals surface area contributed by atoms with Gasteiger partial charge in [0.15, 0.2) is 5.13 Å². The highest BCUT2D eigenvalue weighted by atomic mass is 32.2. The van der Waals surface area contributed by atoms with Crippen molar-refractivity contribution in [3.8, 4) is 0 Å². The topological polar surface area (TPSA) is 210 Å². The minimum Gasteiger partial charge on any atom is -0.479 e. The zero-order chi connectivity index (χ0) is 26.5. The average Bonchev–Trinajstić information content (AvgIpc) is 3.30. The number of oxime groups is 1. The fourth-order valence-electron chi connectivity index (χ4n) is 3.26. The lowest BCUT2D eigenvalue weighted by Gasteiger charge is -2.49. The number of aliphatic carboxylic acids is 2. The largest absolute Gasteiger partial charge is 0.479 e. The van der Waals surface area contributed by atoms with Crippen molar-refractivity contribution in [2.24, 2.45) is 5.16 Å². The van der Waals surface area contributed by atoms with Gasteiger partial charge in [-0.2, -0.15) is 9.36 Å². The average molecular weight is 564 g/mol. The molecule has 0 aromatic carbocycles. The van der Waals surface area contributed by atoms with Crippen molar-refractivity contribution in [2.75, 3.05) is 18.1 Å². The summed E-state index contributed by atoms with van der Waals surface area (Å²) in [6.45, 7) is -0.826. The summed E-state index contributed by atoms with van der Waals surface area (Å²) >= 11 is 3.40. The highest BCUT2D eigenvalue weighted by Crippen LogP contribution is 2.41. The smallest absolute Gasteiger partial charge is 0.352 e. The van der Waals surface area contributed by atoms with Crippen LogP contribution in [0.2, 0.25) is 0 Å². The van der Waals surface area contributed by atoms with Crippen molar-refractivity contribution in [1.82, 2.24) is 24.6 Å². The number of aromatic nitrogens is 3. The number of hydrogen-bond acceptors (Lipinski definition) is 13. The minimum atomic E-state index is -1.32. The van der Waals surface area contributed by atoms with Gasteiger partial charge in [-0.3, -0.25) is 19.5 Å². The number of anilines is 1. The maximum Gasteiger partial charge on any atom is 0.352 e. The molecule has 2 aliphatic heterocycles. The van der Waals surface area contributed by atoms with Gasteiger partial charge in [0.25, 0.3) is 11.8 Å². The van der Waals surface area contributed by atoms with Gasteiger partial charge in [0.2, 0.25) is 18.1 Å². The number of rotatable bonds is 10. The van der Waals surface area contributed by atoms with E-state index in [4.69, 9.17) is 10.8 Å². The molecule has 2 aromatic heterocycles. The molecule has 5 N–H and O–H groups in total. The second-order valence-electron chi connectivity index (χ2n) is 7.21. The molecule has 4 rings (SSSR count). The molecule has 17 heteroatoms. The summed E-state index contributed by atoms with van der Waals surface area (Å²) in [7, 11) is 0. The third-order valence-electron chi connectivity index (χ3n) is 4.81. The molecule has 4 heterocycles. The number of hydrogen-bond donors (Lipinski definition) is 4. The van der Waals surface area contributed by atoms with Crippen LogP contribution in [0.3, 0.4) is 0 Å². The van der Waals surface area contributed by atoms with Crippen LogP contribution in [0.1, 0.15) is 5.82 Å². The molecule has 14 nitrogen and oxygen atoms in total. The van der Waals surface area contributed by atoms with Gasteiger partial charge >= 0.3 is 11.9 Å². The standard InChI is InChI=1S/C20H17N7O7S3/c21-20-24-15(26-37-20)12(25-34-7-11(28)29)16(30)23-13-17(31)27-14(19(32)33)9(8-36-18(13)27)3-5-35-10-2-1-4-22-6-10/h1-6,13,18H,7-8H2,(H,23,30)(H,28,29)(H,32,33)(H2,21,24,26)/t13?,18-/m1/s1. The summed E-state index contributed by atoms with van der Waals surface area (Å²) in [5, 5.41) is 25.6. The second-order valence-corrected chi connectivity index (χ2v) is 10.1. The summed E-state index contributed by atoms with van der Waals surface area (Å²) in [6, 6.07) is 2.56. The van der Waals surface area contributed by atoms with Gasteiger partial charge in [-0.05, 0) is 29.2 Å². The number of thioether (sulfide) groups is 2. The summed E-state index contributed by atoms with van der Waals surface area (Å²) in [5.41, 5.74) is 5.34. The number of nitrogens with one attached hydrogen (secondary N) is 1. The Morgan fingerprint density at radius 1 is 1.38 bits per heavy atom. The van der Waals surface area contributed by atoms with Gasteiger partial charge in [-0.1, -0.05) is 16.9 Å². The Morgan fingerprint density at radius 2 is 2.19 bits per heavy atom. The van der Waals surface area contributed by atoms with Crippen LogP contribution in [-0.2, 0) is 24.0 Å². The summed E-state index contributed by atoms with van der Waals surface area (Å²) in [4.78, 5) is 63.0. The zero-order valence-corrected chi connectivity index (χ0v) is 21.0. The van der Waals surface area contributed by atoms with Crippen molar-refractivity contribution < 1.29 is 34.2 Å². The van der Waals surface area contributed by atoms with E-state index in [1.807, 2.05) is 6.07 Å². The Balaban J connectivity index is 1.49. The number of amides is 2. The number of carbonyl (C=O) groups excluding carboxylic acids is 2. The molecule has 2 aliphatic rings. The number of nitrogen functional groups attached to an aromatic ring is 1. The van der Waals surface area contributed by atoms with E-state index in [9.17, 15) is 24.3 Å². The first-order chi connectivity index (χ1) is 17.8. The van der Waals surface area contributed by atoms with E-state index in [-0.39, 0.29) is 22.4 Å². The molecule has 1 saturated heterocycles. The lowest BCUT2D eigenvalue weighted by Crippen LogP contribution is -2.71. The molecule has 0 saturated carbocycles. The number of nitrogens with zero attached hydrogens (tertiary/aromatic N) is 5. The first-order valence-corrected chi connectivity index (χ1v) is 12.9. The van der Waals surface area contributed by atoms with Crippen LogP contribution in [0, 0.1) is 0 Å². The van der Waals surface area contributed by atoms with E-state index in [0.29, 0.717) is 5.57 Å². The summed E-state index contributed by atoms with van der Waals surface area (Å²) in [5.74, 6) is -4.09. The Kier molecular flexibility index (Phi) is 8.04. The molecule has 1 unspecified atom stereocenters. The molecule has 192 valence electrons. The van der Waals surface area contributed by atoms with Crippen molar-refractivity contribution >= 4 is 69.7 Å². The van der Waals surface area contributed by atoms with Gasteiger partial charge < -0.3 is 26.1 Å². The van der Waals surface area contributed by atoms with Crippen LogP contribution < -0.4 is 11.1 Å². The van der Waals surface area contributed by atoms with E-state index < -0.39 is 47.5 Å². The van der Waals surface area contributed by atoms with Gasteiger partial charge in [0.1, 0.15) is 17.1 Å². The molecular formula is C20H17N7O7S3. The van der Waals surface area contributed by atoms with Crippen molar-refractivity contribution in [3.05, 3.63) is 53.1 Å². The summed E-state index contributed by atoms with van der Waals surface area (Å²) < 4.78 is 3.87. The molecule has 0 aliphatic carbocycles. The maximum atomic E-state index is 12.9. The normalized spacial score (nSPS) is 19.4. The molecule has 0 bridgehead atoms.